The largest absolute Gasteiger partial charge is 0.481 e. The second-order valence-corrected chi connectivity index (χ2v) is 7.94. The molecule has 25 heavy (non-hydrogen) atoms. The molecule has 1 N–H and O–H groups in total. The highest BCUT2D eigenvalue weighted by Crippen LogP contribution is 2.49. The zero-order valence-electron chi connectivity index (χ0n) is 15.6. The molecule has 3 fully saturated rings. The molecule has 142 valence electrons. The van der Waals surface area contributed by atoms with E-state index in [9.17, 15) is 14.7 Å². The third-order valence-electron chi connectivity index (χ3n) is 6.80. The minimum Gasteiger partial charge on any atom is -0.481 e. The minimum absolute atomic E-state index is 0.126. The lowest BCUT2D eigenvalue weighted by Crippen LogP contribution is -2.55. The maximum absolute atomic E-state index is 13.5. The lowest BCUT2D eigenvalue weighted by molar-refractivity contribution is -0.150. The van der Waals surface area contributed by atoms with Crippen molar-refractivity contribution in [1.82, 2.24) is 9.80 Å². The van der Waals surface area contributed by atoms with E-state index in [1.54, 1.807) is 0 Å². The first-order valence-corrected chi connectivity index (χ1v) is 9.87. The van der Waals surface area contributed by atoms with E-state index in [-0.39, 0.29) is 17.9 Å². The van der Waals surface area contributed by atoms with Gasteiger partial charge in [-0.15, -0.1) is 0 Å². The molecule has 1 saturated carbocycles. The summed E-state index contributed by atoms with van der Waals surface area (Å²) in [7, 11) is 0. The Balaban J connectivity index is 1.79. The highest BCUT2D eigenvalue weighted by atomic mass is 16.5. The standard InChI is InChI=1S/C19H32N2O4/c1-3-14(4-2)16(20-8-10-25-11-9-20)17(22)21-12-15-6-5-7-19(15,13-21)18(23)24/h14-16H,3-13H2,1-2H3,(H,23,24)/t15-,16?,19+/m0/s1. The zero-order chi connectivity index (χ0) is 18.0. The minimum atomic E-state index is -0.712. The Hall–Kier alpha value is -1.14. The van der Waals surface area contributed by atoms with E-state index in [4.69, 9.17) is 4.74 Å². The summed E-state index contributed by atoms with van der Waals surface area (Å²) in [6.45, 7) is 8.22. The molecule has 2 saturated heterocycles. The number of hydrogen-bond donors (Lipinski definition) is 1. The van der Waals surface area contributed by atoms with Gasteiger partial charge in [0.05, 0.1) is 24.7 Å². The number of carbonyl (C=O) groups excluding carboxylic acids is 1. The summed E-state index contributed by atoms with van der Waals surface area (Å²) in [5.74, 6) is -0.130. The maximum Gasteiger partial charge on any atom is 0.311 e. The van der Waals surface area contributed by atoms with Crippen LogP contribution in [0.4, 0.5) is 0 Å². The number of amides is 1. The molecule has 6 nitrogen and oxygen atoms in total. The molecule has 3 atom stereocenters. The predicted octanol–water partition coefficient (Wildman–Crippen LogP) is 1.84. The number of ether oxygens (including phenoxy) is 1. The highest BCUT2D eigenvalue weighted by Gasteiger charge is 2.56. The monoisotopic (exact) mass is 352 g/mol. The Morgan fingerprint density at radius 1 is 1.24 bits per heavy atom. The average molecular weight is 352 g/mol. The first-order chi connectivity index (χ1) is 12.0. The molecule has 0 aromatic rings. The Labute approximate surface area is 150 Å². The second kappa shape index (κ2) is 7.62. The van der Waals surface area contributed by atoms with E-state index in [2.05, 4.69) is 18.7 Å². The summed E-state index contributed by atoms with van der Waals surface area (Å²) in [6, 6.07) is -0.136. The summed E-state index contributed by atoms with van der Waals surface area (Å²) in [6.07, 6.45) is 4.54. The molecule has 1 aliphatic carbocycles. The van der Waals surface area contributed by atoms with Crippen LogP contribution in [-0.2, 0) is 14.3 Å². The fraction of sp³-hybridized carbons (Fsp3) is 0.895. The van der Waals surface area contributed by atoms with Crippen molar-refractivity contribution in [2.24, 2.45) is 17.3 Å². The number of aliphatic carboxylic acids is 1. The molecule has 0 aromatic carbocycles. The Bertz CT molecular complexity index is 502. The van der Waals surface area contributed by atoms with Crippen LogP contribution in [0.25, 0.3) is 0 Å². The topological polar surface area (TPSA) is 70.1 Å². The fourth-order valence-electron chi connectivity index (χ4n) is 5.24. The van der Waals surface area contributed by atoms with Crippen LogP contribution in [0.1, 0.15) is 46.0 Å². The molecule has 0 radical (unpaired) electrons. The molecule has 1 unspecified atom stereocenters. The second-order valence-electron chi connectivity index (χ2n) is 7.94. The van der Waals surface area contributed by atoms with Gasteiger partial charge in [-0.25, -0.2) is 0 Å². The number of morpholine rings is 1. The maximum atomic E-state index is 13.5. The van der Waals surface area contributed by atoms with Crippen LogP contribution in [0.15, 0.2) is 0 Å². The Morgan fingerprint density at radius 3 is 2.48 bits per heavy atom. The third-order valence-corrected chi connectivity index (χ3v) is 6.80. The fourth-order valence-corrected chi connectivity index (χ4v) is 5.24. The predicted molar refractivity (Wildman–Crippen MR) is 94.2 cm³/mol. The first-order valence-electron chi connectivity index (χ1n) is 9.87. The summed E-state index contributed by atoms with van der Waals surface area (Å²) in [5, 5.41) is 9.80. The van der Waals surface area contributed by atoms with Gasteiger partial charge in [0.2, 0.25) is 5.91 Å². The molecule has 0 bridgehead atoms. The van der Waals surface area contributed by atoms with Gasteiger partial charge in [0.25, 0.3) is 0 Å². The van der Waals surface area contributed by atoms with Gasteiger partial charge in [-0.2, -0.15) is 0 Å². The quantitative estimate of drug-likeness (QED) is 0.790. The van der Waals surface area contributed by atoms with Crippen molar-refractivity contribution in [3.63, 3.8) is 0 Å². The van der Waals surface area contributed by atoms with Gasteiger partial charge in [0.1, 0.15) is 0 Å². The molecular formula is C19H32N2O4. The molecule has 3 aliphatic rings. The lowest BCUT2D eigenvalue weighted by atomic mass is 9.81. The van der Waals surface area contributed by atoms with Crippen LogP contribution in [0, 0.1) is 17.3 Å². The van der Waals surface area contributed by atoms with Crippen molar-refractivity contribution in [3.05, 3.63) is 0 Å². The van der Waals surface area contributed by atoms with E-state index in [0.29, 0.717) is 38.6 Å². The van der Waals surface area contributed by atoms with Gasteiger partial charge in [0, 0.05) is 26.2 Å². The van der Waals surface area contributed by atoms with Gasteiger partial charge in [-0.05, 0) is 24.7 Å². The third kappa shape index (κ3) is 3.31. The van der Waals surface area contributed by atoms with Crippen molar-refractivity contribution in [1.29, 1.82) is 0 Å². The molecule has 0 spiro atoms. The van der Waals surface area contributed by atoms with Crippen LogP contribution in [0.5, 0.6) is 0 Å². The number of carbonyl (C=O) groups is 2. The number of likely N-dealkylation sites (tertiary alicyclic amines) is 1. The summed E-state index contributed by atoms with van der Waals surface area (Å²) < 4.78 is 5.47. The summed E-state index contributed by atoms with van der Waals surface area (Å²) >= 11 is 0. The van der Waals surface area contributed by atoms with Crippen LogP contribution < -0.4 is 0 Å². The molecule has 2 aliphatic heterocycles. The van der Waals surface area contributed by atoms with E-state index in [1.165, 1.54) is 0 Å². The van der Waals surface area contributed by atoms with Gasteiger partial charge >= 0.3 is 5.97 Å². The molecule has 6 heteroatoms. The van der Waals surface area contributed by atoms with Gasteiger partial charge in [0.15, 0.2) is 0 Å². The molecule has 3 rings (SSSR count). The van der Waals surface area contributed by atoms with Crippen molar-refractivity contribution in [3.8, 4) is 0 Å². The molecule has 0 aromatic heterocycles. The smallest absolute Gasteiger partial charge is 0.311 e. The number of fused-ring (bicyclic) bond motifs is 1. The number of rotatable bonds is 6. The Kier molecular flexibility index (Phi) is 5.68. The number of carboxylic acids is 1. The molecular weight excluding hydrogens is 320 g/mol. The number of nitrogens with zero attached hydrogens (tertiary/aromatic N) is 2. The first kappa shape index (κ1) is 18.6. The highest BCUT2D eigenvalue weighted by molar-refractivity contribution is 5.85. The van der Waals surface area contributed by atoms with Crippen LogP contribution in [0.2, 0.25) is 0 Å². The van der Waals surface area contributed by atoms with Crippen LogP contribution >= 0.6 is 0 Å². The van der Waals surface area contributed by atoms with Crippen LogP contribution in [0.3, 0.4) is 0 Å². The summed E-state index contributed by atoms with van der Waals surface area (Å²) in [4.78, 5) is 29.5. The molecule has 2 heterocycles. The zero-order valence-corrected chi connectivity index (χ0v) is 15.6. The van der Waals surface area contributed by atoms with E-state index < -0.39 is 11.4 Å². The van der Waals surface area contributed by atoms with Crippen LogP contribution in [-0.4, -0.2) is 72.2 Å². The van der Waals surface area contributed by atoms with Crippen molar-refractivity contribution < 1.29 is 19.4 Å². The van der Waals surface area contributed by atoms with Gasteiger partial charge < -0.3 is 14.7 Å². The number of carboxylic acid groups (broad SMARTS) is 1. The Morgan fingerprint density at radius 2 is 1.92 bits per heavy atom. The number of hydrogen-bond acceptors (Lipinski definition) is 4. The van der Waals surface area contributed by atoms with E-state index in [1.807, 2.05) is 4.90 Å². The normalized spacial score (nSPS) is 31.3. The van der Waals surface area contributed by atoms with Gasteiger partial charge in [-0.3, -0.25) is 14.5 Å². The van der Waals surface area contributed by atoms with Crippen molar-refractivity contribution in [2.75, 3.05) is 39.4 Å². The lowest BCUT2D eigenvalue weighted by Gasteiger charge is -2.39. The van der Waals surface area contributed by atoms with E-state index in [0.717, 1.165) is 38.8 Å². The van der Waals surface area contributed by atoms with Crippen molar-refractivity contribution in [2.45, 2.75) is 52.0 Å². The van der Waals surface area contributed by atoms with Crippen molar-refractivity contribution >= 4 is 11.9 Å². The summed E-state index contributed by atoms with van der Waals surface area (Å²) in [5.41, 5.74) is -0.695. The van der Waals surface area contributed by atoms with Gasteiger partial charge in [-0.1, -0.05) is 33.1 Å². The average Bonchev–Trinajstić information content (AvgIpc) is 3.18. The van der Waals surface area contributed by atoms with E-state index >= 15 is 0 Å². The molecule has 1 amide bonds. The SMILES string of the molecule is CCC(CC)C(C(=O)N1C[C@@H]2CCC[C@@]2(C(=O)O)C1)N1CCOCC1.